The van der Waals surface area contributed by atoms with E-state index in [1.807, 2.05) is 0 Å². The number of hydrogen-bond acceptors (Lipinski definition) is 5. The molecule has 2 aliphatic rings. The summed E-state index contributed by atoms with van der Waals surface area (Å²) in [6.07, 6.45) is 2.13. The minimum atomic E-state index is -0.311. The summed E-state index contributed by atoms with van der Waals surface area (Å²) in [4.78, 5) is 4.98. The van der Waals surface area contributed by atoms with Gasteiger partial charge >= 0.3 is 7.12 Å². The van der Waals surface area contributed by atoms with E-state index in [0.29, 0.717) is 11.8 Å². The van der Waals surface area contributed by atoms with Crippen LogP contribution in [0.5, 0.6) is 0 Å². The highest BCUT2D eigenvalue weighted by Crippen LogP contribution is 2.38. The lowest BCUT2D eigenvalue weighted by molar-refractivity contribution is 0.00578. The first-order chi connectivity index (χ1) is 10.7. The Hall–Kier alpha value is -0.425. The molecule has 0 bridgehead atoms. The Labute approximate surface area is 144 Å². The van der Waals surface area contributed by atoms with E-state index in [-0.39, 0.29) is 18.3 Å². The Morgan fingerprint density at radius 1 is 1.09 bits per heavy atom. The Bertz CT molecular complexity index is 548. The molecule has 4 nitrogen and oxygen atoms in total. The van der Waals surface area contributed by atoms with Crippen LogP contribution >= 0.6 is 11.3 Å². The largest absolute Gasteiger partial charge is 0.507 e. The van der Waals surface area contributed by atoms with Crippen LogP contribution in [0.2, 0.25) is 0 Å². The van der Waals surface area contributed by atoms with Crippen LogP contribution in [0.15, 0.2) is 0 Å². The Morgan fingerprint density at radius 2 is 1.65 bits per heavy atom. The monoisotopic (exact) mass is 337 g/mol. The smallest absolute Gasteiger partial charge is 0.399 e. The minimum absolute atomic E-state index is 0.302. The molecule has 1 aromatic rings. The Morgan fingerprint density at radius 3 is 2.17 bits per heavy atom. The first-order valence-electron chi connectivity index (χ1n) is 8.65. The van der Waals surface area contributed by atoms with Gasteiger partial charge in [-0.3, -0.25) is 0 Å². The van der Waals surface area contributed by atoms with Crippen molar-refractivity contribution in [2.24, 2.45) is 0 Å². The second kappa shape index (κ2) is 6.14. The summed E-state index contributed by atoms with van der Waals surface area (Å²) in [6.45, 7) is 14.5. The van der Waals surface area contributed by atoms with Crippen LogP contribution in [0.25, 0.3) is 0 Å². The molecule has 0 unspecified atom stereocenters. The number of aromatic nitrogens is 1. The zero-order chi connectivity index (χ0) is 16.8. The molecule has 2 aliphatic heterocycles. The van der Waals surface area contributed by atoms with Gasteiger partial charge < -0.3 is 14.0 Å². The number of nitrogens with zero attached hydrogens (tertiary/aromatic N) is 1. The van der Waals surface area contributed by atoms with Crippen LogP contribution in [0.4, 0.5) is 0 Å². The molecule has 0 aliphatic carbocycles. The van der Waals surface area contributed by atoms with Crippen molar-refractivity contribution >= 4 is 23.2 Å². The molecule has 3 rings (SSSR count). The normalized spacial score (nSPS) is 24.6. The SMILES string of the molecule is CC(C)c1nc(C2CCOCC2)sc1B1OC(C)(C)C(C)(C)O1. The van der Waals surface area contributed by atoms with E-state index in [1.165, 1.54) is 5.01 Å². The van der Waals surface area contributed by atoms with Crippen molar-refractivity contribution in [1.82, 2.24) is 4.98 Å². The minimum Gasteiger partial charge on any atom is -0.399 e. The molecule has 0 amide bonds. The lowest BCUT2D eigenvalue weighted by Crippen LogP contribution is -2.41. The molecule has 1 aromatic heterocycles. The van der Waals surface area contributed by atoms with Gasteiger partial charge in [-0.2, -0.15) is 0 Å². The fourth-order valence-electron chi connectivity index (χ4n) is 3.01. The number of ether oxygens (including phenoxy) is 1. The topological polar surface area (TPSA) is 40.6 Å². The van der Waals surface area contributed by atoms with Gasteiger partial charge in [0, 0.05) is 19.1 Å². The third-order valence-electron chi connectivity index (χ3n) is 5.28. The number of hydrogen-bond donors (Lipinski definition) is 0. The van der Waals surface area contributed by atoms with E-state index in [9.17, 15) is 0 Å². The molecule has 3 heterocycles. The Kier molecular flexibility index (Phi) is 4.64. The van der Waals surface area contributed by atoms with Gasteiger partial charge in [-0.15, -0.1) is 11.3 Å². The maximum Gasteiger partial charge on any atom is 0.507 e. The quantitative estimate of drug-likeness (QED) is 0.792. The van der Waals surface area contributed by atoms with E-state index >= 15 is 0 Å². The van der Waals surface area contributed by atoms with Crippen LogP contribution in [-0.2, 0) is 14.0 Å². The third kappa shape index (κ3) is 3.23. The highest BCUT2D eigenvalue weighted by atomic mass is 32.1. The average molecular weight is 337 g/mol. The third-order valence-corrected chi connectivity index (χ3v) is 6.54. The van der Waals surface area contributed by atoms with Crippen LogP contribution in [0.1, 0.15) is 76.9 Å². The van der Waals surface area contributed by atoms with Crippen LogP contribution in [0, 0.1) is 0 Å². The van der Waals surface area contributed by atoms with Gasteiger partial charge in [0.2, 0.25) is 0 Å². The second-order valence-electron chi connectivity index (χ2n) is 7.93. The Balaban J connectivity index is 1.91. The predicted molar refractivity (Wildman–Crippen MR) is 94.7 cm³/mol. The molecular formula is C17H28BNO3S. The second-order valence-corrected chi connectivity index (χ2v) is 8.99. The first-order valence-corrected chi connectivity index (χ1v) is 9.47. The van der Waals surface area contributed by atoms with Crippen molar-refractivity contribution in [1.29, 1.82) is 0 Å². The van der Waals surface area contributed by atoms with Crippen molar-refractivity contribution < 1.29 is 14.0 Å². The molecule has 0 radical (unpaired) electrons. The average Bonchev–Trinajstić information content (AvgIpc) is 3.00. The summed E-state index contributed by atoms with van der Waals surface area (Å²) >= 11 is 1.78. The van der Waals surface area contributed by atoms with Gasteiger partial charge in [0.05, 0.1) is 26.7 Å². The highest BCUT2D eigenvalue weighted by molar-refractivity contribution is 7.22. The van der Waals surface area contributed by atoms with Crippen molar-refractivity contribution in [2.75, 3.05) is 13.2 Å². The summed E-state index contributed by atoms with van der Waals surface area (Å²) in [5, 5.41) is 1.22. The molecular weight excluding hydrogens is 309 g/mol. The number of thiazole rings is 1. The summed E-state index contributed by atoms with van der Waals surface area (Å²) in [6, 6.07) is 0. The summed E-state index contributed by atoms with van der Waals surface area (Å²) in [5.41, 5.74) is 0.513. The van der Waals surface area contributed by atoms with Crippen molar-refractivity contribution in [3.05, 3.63) is 10.7 Å². The molecule has 2 fully saturated rings. The molecule has 0 aromatic carbocycles. The molecule has 2 saturated heterocycles. The van der Waals surface area contributed by atoms with Crippen molar-refractivity contribution in [3.8, 4) is 0 Å². The lowest BCUT2D eigenvalue weighted by Gasteiger charge is -2.32. The van der Waals surface area contributed by atoms with Gasteiger partial charge in [-0.1, -0.05) is 13.8 Å². The van der Waals surface area contributed by atoms with Crippen LogP contribution in [0.3, 0.4) is 0 Å². The summed E-state index contributed by atoms with van der Waals surface area (Å²) < 4.78 is 19.2. The maximum absolute atomic E-state index is 6.27. The molecule has 0 spiro atoms. The molecule has 0 atom stereocenters. The van der Waals surface area contributed by atoms with Gasteiger partial charge in [-0.25, -0.2) is 4.98 Å². The van der Waals surface area contributed by atoms with Gasteiger partial charge in [-0.05, 0) is 46.5 Å². The van der Waals surface area contributed by atoms with Gasteiger partial charge in [0.15, 0.2) is 0 Å². The molecule has 128 valence electrons. The standard InChI is InChI=1S/C17H28BNO3S/c1-11(2)13-14(18-21-16(3,4)17(5,6)22-18)23-15(19-13)12-7-9-20-10-8-12/h11-12H,7-10H2,1-6H3. The lowest BCUT2D eigenvalue weighted by atomic mass is 9.84. The van der Waals surface area contributed by atoms with Crippen LogP contribution in [-0.4, -0.2) is 36.5 Å². The fourth-order valence-corrected chi connectivity index (χ4v) is 4.36. The van der Waals surface area contributed by atoms with Gasteiger partial charge in [0.25, 0.3) is 0 Å². The van der Waals surface area contributed by atoms with Crippen molar-refractivity contribution in [2.45, 2.75) is 77.4 Å². The molecule has 6 heteroatoms. The summed E-state index contributed by atoms with van der Waals surface area (Å²) in [5.74, 6) is 0.885. The molecule has 0 saturated carbocycles. The molecule has 0 N–H and O–H groups in total. The zero-order valence-electron chi connectivity index (χ0n) is 15.1. The highest BCUT2D eigenvalue weighted by Gasteiger charge is 2.53. The maximum atomic E-state index is 6.27. The molecule has 23 heavy (non-hydrogen) atoms. The van der Waals surface area contributed by atoms with E-state index in [4.69, 9.17) is 19.0 Å². The first kappa shape index (κ1) is 17.4. The van der Waals surface area contributed by atoms with E-state index in [0.717, 1.165) is 36.5 Å². The fraction of sp³-hybridized carbons (Fsp3) is 0.824. The predicted octanol–water partition coefficient (Wildman–Crippen LogP) is 3.46. The summed E-state index contributed by atoms with van der Waals surface area (Å²) in [7, 11) is -0.302. The van der Waals surface area contributed by atoms with Crippen LogP contribution < -0.4 is 4.78 Å². The van der Waals surface area contributed by atoms with Gasteiger partial charge in [0.1, 0.15) is 0 Å². The van der Waals surface area contributed by atoms with E-state index in [2.05, 4.69) is 41.5 Å². The number of rotatable bonds is 3. The van der Waals surface area contributed by atoms with Crippen molar-refractivity contribution in [3.63, 3.8) is 0 Å². The van der Waals surface area contributed by atoms with E-state index in [1.54, 1.807) is 11.3 Å². The van der Waals surface area contributed by atoms with E-state index < -0.39 is 0 Å². The zero-order valence-corrected chi connectivity index (χ0v) is 16.0.